The Kier molecular flexibility index (Phi) is 6.80. The Bertz CT molecular complexity index is 887. The first-order chi connectivity index (χ1) is 12.2. The second-order valence-electron chi connectivity index (χ2n) is 5.80. The summed E-state index contributed by atoms with van der Waals surface area (Å²) < 4.78 is 29.6. The topological polar surface area (TPSA) is 84.3 Å². The third-order valence-corrected chi connectivity index (χ3v) is 7.06. The lowest BCUT2D eigenvalue weighted by atomic mass is 10.3. The number of hydrogen-bond acceptors (Lipinski definition) is 4. The molecule has 0 radical (unpaired) electrons. The lowest BCUT2D eigenvalue weighted by Gasteiger charge is -2.18. The van der Waals surface area contributed by atoms with Crippen LogP contribution in [0.3, 0.4) is 0 Å². The normalized spacial score (nSPS) is 11.8. The maximum absolute atomic E-state index is 12.8. The summed E-state index contributed by atoms with van der Waals surface area (Å²) in [4.78, 5) is 12.5. The fraction of sp³-hybridized carbons (Fsp3) is 0.412. The van der Waals surface area contributed by atoms with Gasteiger partial charge < -0.3 is 5.32 Å². The number of aromatic nitrogens is 2. The van der Waals surface area contributed by atoms with Crippen molar-refractivity contribution in [3.05, 3.63) is 39.2 Å². The first-order valence-corrected chi connectivity index (χ1v) is 10.8. The Morgan fingerprint density at radius 3 is 2.31 bits per heavy atom. The number of carbonyl (C=O) groups excluding carboxylic acids is 1. The molecule has 1 aromatic carbocycles. The molecule has 1 amide bonds. The van der Waals surface area contributed by atoms with Crippen molar-refractivity contribution < 1.29 is 13.2 Å². The molecular formula is C17H23IN4O3S. The van der Waals surface area contributed by atoms with Crippen molar-refractivity contribution in [2.75, 3.05) is 18.4 Å². The van der Waals surface area contributed by atoms with Crippen molar-refractivity contribution in [3.8, 4) is 0 Å². The molecule has 9 heteroatoms. The van der Waals surface area contributed by atoms with Crippen LogP contribution in [0.2, 0.25) is 0 Å². The summed E-state index contributed by atoms with van der Waals surface area (Å²) in [7, 11) is -3.62. The first-order valence-electron chi connectivity index (χ1n) is 8.30. The highest BCUT2D eigenvalue weighted by Crippen LogP contribution is 2.23. The highest BCUT2D eigenvalue weighted by atomic mass is 127. The van der Waals surface area contributed by atoms with Gasteiger partial charge in [0.2, 0.25) is 15.9 Å². The van der Waals surface area contributed by atoms with E-state index in [9.17, 15) is 13.2 Å². The summed E-state index contributed by atoms with van der Waals surface area (Å²) in [6, 6.07) is 7.43. The van der Waals surface area contributed by atoms with Crippen molar-refractivity contribution in [1.82, 2.24) is 14.1 Å². The highest BCUT2D eigenvalue weighted by Gasteiger charge is 2.29. The van der Waals surface area contributed by atoms with Crippen LogP contribution in [0.1, 0.15) is 25.2 Å². The molecule has 0 spiro atoms. The van der Waals surface area contributed by atoms with Gasteiger partial charge in [-0.15, -0.1) is 0 Å². The summed E-state index contributed by atoms with van der Waals surface area (Å²) in [6.45, 7) is 7.64. The van der Waals surface area contributed by atoms with E-state index in [1.165, 1.54) is 8.99 Å². The number of benzene rings is 1. The molecule has 2 aromatic rings. The molecule has 0 aliphatic heterocycles. The van der Waals surface area contributed by atoms with Crippen molar-refractivity contribution >= 4 is 44.2 Å². The third-order valence-electron chi connectivity index (χ3n) is 4.04. The largest absolute Gasteiger partial charge is 0.324 e. The van der Waals surface area contributed by atoms with E-state index in [4.69, 9.17) is 0 Å². The van der Waals surface area contributed by atoms with E-state index in [1.807, 2.05) is 24.3 Å². The van der Waals surface area contributed by atoms with E-state index in [2.05, 4.69) is 33.0 Å². The van der Waals surface area contributed by atoms with E-state index < -0.39 is 10.0 Å². The third kappa shape index (κ3) is 4.44. The Morgan fingerprint density at radius 1 is 1.19 bits per heavy atom. The Labute approximate surface area is 168 Å². The second-order valence-corrected chi connectivity index (χ2v) is 8.92. The number of carbonyl (C=O) groups is 1. The molecule has 1 heterocycles. The number of sulfonamides is 1. The molecule has 2 rings (SSSR count). The first kappa shape index (κ1) is 20.8. The van der Waals surface area contributed by atoms with Gasteiger partial charge in [0, 0.05) is 22.3 Å². The molecule has 142 valence electrons. The van der Waals surface area contributed by atoms with Crippen molar-refractivity contribution in [2.24, 2.45) is 0 Å². The molecule has 0 fully saturated rings. The SMILES string of the molecule is CCN(CC)S(=O)(=O)c1c(C)nn(CC(=O)Nc2ccc(I)cc2)c1C. The molecule has 1 aromatic heterocycles. The van der Waals surface area contributed by atoms with Gasteiger partial charge in [0.05, 0.1) is 11.4 Å². The number of amides is 1. The van der Waals surface area contributed by atoms with Gasteiger partial charge in [0.15, 0.2) is 0 Å². The maximum atomic E-state index is 12.8. The van der Waals surface area contributed by atoms with Crippen molar-refractivity contribution in [3.63, 3.8) is 0 Å². The number of nitrogens with one attached hydrogen (secondary N) is 1. The predicted molar refractivity (Wildman–Crippen MR) is 110 cm³/mol. The fourth-order valence-corrected chi connectivity index (χ4v) is 4.96. The summed E-state index contributed by atoms with van der Waals surface area (Å²) in [6.07, 6.45) is 0. The van der Waals surface area contributed by atoms with Gasteiger partial charge >= 0.3 is 0 Å². The maximum Gasteiger partial charge on any atom is 0.246 e. The van der Waals surface area contributed by atoms with Gasteiger partial charge in [0.25, 0.3) is 0 Å². The van der Waals surface area contributed by atoms with Gasteiger partial charge in [-0.2, -0.15) is 9.40 Å². The van der Waals surface area contributed by atoms with Crippen LogP contribution in [-0.4, -0.2) is 41.5 Å². The molecule has 0 atom stereocenters. The van der Waals surface area contributed by atoms with Crippen LogP contribution in [0.15, 0.2) is 29.2 Å². The molecule has 1 N–H and O–H groups in total. The molecule has 0 saturated heterocycles. The van der Waals surface area contributed by atoms with Crippen LogP contribution in [0.25, 0.3) is 0 Å². The van der Waals surface area contributed by atoms with E-state index >= 15 is 0 Å². The number of halogens is 1. The highest BCUT2D eigenvalue weighted by molar-refractivity contribution is 14.1. The van der Waals surface area contributed by atoms with E-state index in [1.54, 1.807) is 27.7 Å². The Balaban J connectivity index is 2.24. The van der Waals surface area contributed by atoms with Gasteiger partial charge in [-0.05, 0) is 60.7 Å². The summed E-state index contributed by atoms with van der Waals surface area (Å²) in [5, 5.41) is 7.07. The van der Waals surface area contributed by atoms with Crippen LogP contribution < -0.4 is 5.32 Å². The molecule has 0 aliphatic rings. The zero-order valence-corrected chi connectivity index (χ0v) is 18.3. The number of hydrogen-bond donors (Lipinski definition) is 1. The standard InChI is InChI=1S/C17H23IN4O3S/c1-5-21(6-2)26(24,25)17-12(3)20-22(13(17)4)11-16(23)19-15-9-7-14(18)8-10-15/h7-10H,5-6,11H2,1-4H3,(H,19,23). The molecule has 0 unspecified atom stereocenters. The van der Waals surface area contributed by atoms with E-state index in [0.29, 0.717) is 30.2 Å². The molecular weight excluding hydrogens is 467 g/mol. The lowest BCUT2D eigenvalue weighted by molar-refractivity contribution is -0.116. The second kappa shape index (κ2) is 8.49. The van der Waals surface area contributed by atoms with Gasteiger partial charge in [-0.3, -0.25) is 9.48 Å². The number of anilines is 1. The van der Waals surface area contributed by atoms with Crippen LogP contribution in [0.4, 0.5) is 5.69 Å². The van der Waals surface area contributed by atoms with Gasteiger partial charge in [-0.1, -0.05) is 13.8 Å². The van der Waals surface area contributed by atoms with Crippen LogP contribution in [0.5, 0.6) is 0 Å². The smallest absolute Gasteiger partial charge is 0.246 e. The molecule has 0 aliphatic carbocycles. The summed E-state index contributed by atoms with van der Waals surface area (Å²) in [5.41, 5.74) is 1.55. The number of rotatable bonds is 7. The molecule has 0 saturated carbocycles. The monoisotopic (exact) mass is 490 g/mol. The van der Waals surface area contributed by atoms with Crippen LogP contribution in [0, 0.1) is 17.4 Å². The quantitative estimate of drug-likeness (QED) is 0.606. The fourth-order valence-electron chi connectivity index (χ4n) is 2.77. The van der Waals surface area contributed by atoms with E-state index in [0.717, 1.165) is 3.57 Å². The van der Waals surface area contributed by atoms with Gasteiger partial charge in [0.1, 0.15) is 11.4 Å². The van der Waals surface area contributed by atoms with Crippen LogP contribution >= 0.6 is 22.6 Å². The van der Waals surface area contributed by atoms with Gasteiger partial charge in [-0.25, -0.2) is 8.42 Å². The number of aryl methyl sites for hydroxylation is 1. The zero-order valence-electron chi connectivity index (χ0n) is 15.3. The zero-order chi connectivity index (χ0) is 19.5. The minimum absolute atomic E-state index is 0.0492. The Hall–Kier alpha value is -1.46. The average Bonchev–Trinajstić information content (AvgIpc) is 2.84. The molecule has 26 heavy (non-hydrogen) atoms. The minimum Gasteiger partial charge on any atom is -0.324 e. The predicted octanol–water partition coefficient (Wildman–Crippen LogP) is 2.77. The van der Waals surface area contributed by atoms with Crippen molar-refractivity contribution in [2.45, 2.75) is 39.1 Å². The van der Waals surface area contributed by atoms with E-state index in [-0.39, 0.29) is 17.3 Å². The summed E-state index contributed by atoms with van der Waals surface area (Å²) >= 11 is 2.19. The Morgan fingerprint density at radius 2 is 1.77 bits per heavy atom. The summed E-state index contributed by atoms with van der Waals surface area (Å²) in [5.74, 6) is -0.261. The molecule has 7 nitrogen and oxygen atoms in total. The number of nitrogens with zero attached hydrogens (tertiary/aromatic N) is 3. The molecule has 0 bridgehead atoms. The minimum atomic E-state index is -3.62. The van der Waals surface area contributed by atoms with Crippen molar-refractivity contribution in [1.29, 1.82) is 0 Å². The lowest BCUT2D eigenvalue weighted by Crippen LogP contribution is -2.31. The average molecular weight is 490 g/mol. The van der Waals surface area contributed by atoms with Crippen LogP contribution in [-0.2, 0) is 21.4 Å².